The molecule has 5 nitrogen and oxygen atoms in total. The summed E-state index contributed by atoms with van der Waals surface area (Å²) >= 11 is 0. The number of hydrogen-bond acceptors (Lipinski definition) is 4. The third-order valence-corrected chi connectivity index (χ3v) is 11.8. The van der Waals surface area contributed by atoms with Crippen molar-refractivity contribution < 1.29 is 14.5 Å². The van der Waals surface area contributed by atoms with Crippen LogP contribution in [0.4, 0.5) is 5.69 Å². The lowest BCUT2D eigenvalue weighted by Crippen LogP contribution is -2.51. The van der Waals surface area contributed by atoms with E-state index in [1.807, 2.05) is 0 Å². The molecule has 0 amide bonds. The van der Waals surface area contributed by atoms with E-state index < -0.39 is 4.92 Å². The molecule has 8 atom stereocenters. The van der Waals surface area contributed by atoms with Gasteiger partial charge in [-0.2, -0.15) is 0 Å². The first kappa shape index (κ1) is 28.4. The fourth-order valence-corrected chi connectivity index (χ4v) is 9.69. The standard InChI is InChI=1S/C34H49NO4/c1-22(2)7-6-8-23(3)29-15-16-30-28-14-11-25-21-27(17-19-33(25,4)31(28)18-20-34(29,30)5)39-32(36)24-9-12-26(13-10-24)35(37)38/h9-13,22-23,27-31H,6-8,14-21H2,1-5H3/t23-,27+,28+,29-,30+,31-,33+,34-/m1/s1. The van der Waals surface area contributed by atoms with E-state index in [2.05, 4.69) is 40.7 Å². The Kier molecular flexibility index (Phi) is 8.01. The average molecular weight is 536 g/mol. The van der Waals surface area contributed by atoms with Gasteiger partial charge in [-0.25, -0.2) is 4.79 Å². The number of non-ortho nitro benzene ring substituents is 1. The Hall–Kier alpha value is -2.17. The van der Waals surface area contributed by atoms with Gasteiger partial charge in [-0.3, -0.25) is 10.1 Å². The summed E-state index contributed by atoms with van der Waals surface area (Å²) in [4.78, 5) is 23.3. The summed E-state index contributed by atoms with van der Waals surface area (Å²) in [5, 5.41) is 10.9. The van der Waals surface area contributed by atoms with Crippen LogP contribution in [-0.4, -0.2) is 17.0 Å². The van der Waals surface area contributed by atoms with Crippen LogP contribution in [0.15, 0.2) is 35.9 Å². The predicted octanol–water partition coefficient (Wildman–Crippen LogP) is 9.16. The highest BCUT2D eigenvalue weighted by Gasteiger charge is 2.59. The van der Waals surface area contributed by atoms with Crippen LogP contribution in [0.1, 0.15) is 116 Å². The van der Waals surface area contributed by atoms with Crippen LogP contribution in [0.3, 0.4) is 0 Å². The van der Waals surface area contributed by atoms with Crippen molar-refractivity contribution in [3.63, 3.8) is 0 Å². The van der Waals surface area contributed by atoms with Gasteiger partial charge in [0.2, 0.25) is 0 Å². The molecule has 3 saturated carbocycles. The maximum atomic E-state index is 12.8. The second-order valence-electron chi connectivity index (χ2n) is 14.4. The zero-order chi connectivity index (χ0) is 27.9. The van der Waals surface area contributed by atoms with E-state index in [9.17, 15) is 14.9 Å². The summed E-state index contributed by atoms with van der Waals surface area (Å²) in [6, 6.07) is 5.73. The molecule has 0 aliphatic heterocycles. The molecule has 0 heterocycles. The molecule has 0 N–H and O–H groups in total. The van der Waals surface area contributed by atoms with Gasteiger partial charge in [-0.05, 0) is 103 Å². The minimum Gasteiger partial charge on any atom is -0.458 e. The third kappa shape index (κ3) is 5.32. The number of carbonyl (C=O) groups excluding carboxylic acids is 1. The Morgan fingerprint density at radius 2 is 1.77 bits per heavy atom. The molecule has 214 valence electrons. The minimum atomic E-state index is -0.450. The van der Waals surface area contributed by atoms with E-state index in [4.69, 9.17) is 4.74 Å². The summed E-state index contributed by atoms with van der Waals surface area (Å²) in [6.45, 7) is 12.4. The van der Waals surface area contributed by atoms with Crippen molar-refractivity contribution >= 4 is 11.7 Å². The molecule has 0 spiro atoms. The molecule has 4 aliphatic carbocycles. The Morgan fingerprint density at radius 1 is 1.03 bits per heavy atom. The van der Waals surface area contributed by atoms with E-state index in [1.54, 1.807) is 0 Å². The molecule has 0 unspecified atom stereocenters. The van der Waals surface area contributed by atoms with Gasteiger partial charge in [0.25, 0.3) is 5.69 Å². The van der Waals surface area contributed by atoms with E-state index in [-0.39, 0.29) is 23.2 Å². The zero-order valence-electron chi connectivity index (χ0n) is 24.8. The molecule has 0 aromatic heterocycles. The summed E-state index contributed by atoms with van der Waals surface area (Å²) in [5.74, 6) is 4.54. The molecule has 0 saturated heterocycles. The Labute approximate surface area is 235 Å². The van der Waals surface area contributed by atoms with Crippen molar-refractivity contribution in [2.75, 3.05) is 0 Å². The fourth-order valence-electron chi connectivity index (χ4n) is 9.69. The van der Waals surface area contributed by atoms with Gasteiger partial charge < -0.3 is 4.74 Å². The Balaban J connectivity index is 1.23. The maximum absolute atomic E-state index is 12.8. The summed E-state index contributed by atoms with van der Waals surface area (Å²) in [7, 11) is 0. The van der Waals surface area contributed by atoms with Gasteiger partial charge in [0, 0.05) is 18.6 Å². The minimum absolute atomic E-state index is 0.0142. The summed E-state index contributed by atoms with van der Waals surface area (Å²) in [5.41, 5.74) is 2.60. The number of nitro benzene ring substituents is 1. The lowest BCUT2D eigenvalue weighted by Gasteiger charge is -2.58. The molecule has 3 fully saturated rings. The van der Waals surface area contributed by atoms with Gasteiger partial charge in [0.1, 0.15) is 6.10 Å². The largest absolute Gasteiger partial charge is 0.458 e. The van der Waals surface area contributed by atoms with Crippen molar-refractivity contribution in [2.24, 2.45) is 46.3 Å². The SMILES string of the molecule is CC(C)CCC[C@@H](C)[C@H]1CC[C@H]2[C@@H]3CC=C4C[C@@H](OC(=O)c5ccc([N+](=O)[O-])cc5)CC[C@]4(C)[C@@H]3CC[C@]12C. The quantitative estimate of drug-likeness (QED) is 0.144. The zero-order valence-corrected chi connectivity index (χ0v) is 24.8. The Morgan fingerprint density at radius 3 is 2.46 bits per heavy atom. The molecular formula is C34H49NO4. The highest BCUT2D eigenvalue weighted by Crippen LogP contribution is 2.67. The first-order valence-electron chi connectivity index (χ1n) is 15.7. The van der Waals surface area contributed by atoms with Crippen LogP contribution in [0, 0.1) is 56.5 Å². The van der Waals surface area contributed by atoms with Crippen LogP contribution in [0.2, 0.25) is 0 Å². The van der Waals surface area contributed by atoms with Crippen LogP contribution in [0.5, 0.6) is 0 Å². The van der Waals surface area contributed by atoms with Crippen LogP contribution in [0.25, 0.3) is 0 Å². The predicted molar refractivity (Wildman–Crippen MR) is 155 cm³/mol. The van der Waals surface area contributed by atoms with Gasteiger partial charge in [-0.1, -0.05) is 65.5 Å². The molecule has 5 rings (SSSR count). The number of benzene rings is 1. The number of rotatable bonds is 8. The third-order valence-electron chi connectivity index (χ3n) is 11.8. The Bertz CT molecular complexity index is 1090. The number of esters is 1. The van der Waals surface area contributed by atoms with Crippen molar-refractivity contribution in [1.82, 2.24) is 0 Å². The second-order valence-corrected chi connectivity index (χ2v) is 14.4. The molecule has 0 radical (unpaired) electrons. The van der Waals surface area contributed by atoms with E-state index in [1.165, 1.54) is 81.2 Å². The molecule has 4 aliphatic rings. The second kappa shape index (κ2) is 11.0. The highest BCUT2D eigenvalue weighted by atomic mass is 16.6. The molecule has 39 heavy (non-hydrogen) atoms. The number of nitro groups is 1. The van der Waals surface area contributed by atoms with E-state index >= 15 is 0 Å². The smallest absolute Gasteiger partial charge is 0.338 e. The molecule has 0 bridgehead atoms. The van der Waals surface area contributed by atoms with Gasteiger partial charge in [0.05, 0.1) is 10.5 Å². The maximum Gasteiger partial charge on any atom is 0.338 e. The van der Waals surface area contributed by atoms with Gasteiger partial charge in [0.15, 0.2) is 0 Å². The summed E-state index contributed by atoms with van der Waals surface area (Å²) < 4.78 is 5.93. The van der Waals surface area contributed by atoms with Crippen molar-refractivity contribution in [2.45, 2.75) is 111 Å². The van der Waals surface area contributed by atoms with E-state index in [0.29, 0.717) is 11.0 Å². The number of carbonyl (C=O) groups is 1. The lowest BCUT2D eigenvalue weighted by molar-refractivity contribution is -0.384. The van der Waals surface area contributed by atoms with Gasteiger partial charge in [-0.15, -0.1) is 0 Å². The normalized spacial score (nSPS) is 36.4. The average Bonchev–Trinajstić information content (AvgIpc) is 3.26. The van der Waals surface area contributed by atoms with E-state index in [0.717, 1.165) is 54.8 Å². The van der Waals surface area contributed by atoms with Crippen LogP contribution >= 0.6 is 0 Å². The highest BCUT2D eigenvalue weighted by molar-refractivity contribution is 5.89. The number of ether oxygens (including phenoxy) is 1. The van der Waals surface area contributed by atoms with Crippen LogP contribution < -0.4 is 0 Å². The number of nitrogens with zero attached hydrogens (tertiary/aromatic N) is 1. The first-order chi connectivity index (χ1) is 18.5. The lowest BCUT2D eigenvalue weighted by atomic mass is 9.47. The monoisotopic (exact) mass is 535 g/mol. The van der Waals surface area contributed by atoms with Crippen molar-refractivity contribution in [1.29, 1.82) is 0 Å². The number of fused-ring (bicyclic) bond motifs is 5. The topological polar surface area (TPSA) is 69.4 Å². The molecule has 1 aromatic rings. The summed E-state index contributed by atoms with van der Waals surface area (Å²) in [6.07, 6.45) is 16.1. The number of hydrogen-bond donors (Lipinski definition) is 0. The fraction of sp³-hybridized carbons (Fsp3) is 0.735. The molecular weight excluding hydrogens is 486 g/mol. The van der Waals surface area contributed by atoms with Crippen molar-refractivity contribution in [3.05, 3.63) is 51.6 Å². The van der Waals surface area contributed by atoms with Crippen molar-refractivity contribution in [3.8, 4) is 0 Å². The first-order valence-corrected chi connectivity index (χ1v) is 15.7. The van der Waals surface area contributed by atoms with Crippen LogP contribution in [-0.2, 0) is 4.74 Å². The molecule has 1 aromatic carbocycles. The molecule has 5 heteroatoms. The number of allylic oxidation sites excluding steroid dienone is 1. The van der Waals surface area contributed by atoms with Gasteiger partial charge >= 0.3 is 5.97 Å².